The van der Waals surface area contributed by atoms with Gasteiger partial charge in [0.15, 0.2) is 0 Å². The van der Waals surface area contributed by atoms with Crippen LogP contribution in [0.1, 0.15) is 284 Å². The van der Waals surface area contributed by atoms with Crippen molar-refractivity contribution < 1.29 is 20.1 Å². The molecule has 56 heavy (non-hydrogen) atoms. The minimum atomic E-state index is -1.15. The van der Waals surface area contributed by atoms with Crippen LogP contribution in [0.15, 0.2) is 12.2 Å². The number of carbonyl (C=O) groups is 1. The second-order valence-corrected chi connectivity index (χ2v) is 17.7. The third kappa shape index (κ3) is 41.3. The van der Waals surface area contributed by atoms with E-state index in [9.17, 15) is 20.1 Å². The van der Waals surface area contributed by atoms with Crippen molar-refractivity contribution in [3.63, 3.8) is 0 Å². The zero-order valence-electron chi connectivity index (χ0n) is 38.0. The van der Waals surface area contributed by atoms with Crippen molar-refractivity contribution in [3.8, 4) is 0 Å². The maximum absolute atomic E-state index is 12.5. The van der Waals surface area contributed by atoms with Crippen LogP contribution in [0.3, 0.4) is 0 Å². The zero-order valence-corrected chi connectivity index (χ0v) is 38.0. The molecule has 334 valence electrons. The van der Waals surface area contributed by atoms with Crippen LogP contribution in [0.25, 0.3) is 0 Å². The molecule has 0 radical (unpaired) electrons. The highest BCUT2D eigenvalue weighted by molar-refractivity contribution is 5.76. The molecule has 5 heteroatoms. The number of unbranched alkanes of at least 4 members (excludes halogenated alkanes) is 37. The van der Waals surface area contributed by atoms with Gasteiger partial charge in [-0.05, 0) is 38.5 Å². The van der Waals surface area contributed by atoms with Gasteiger partial charge < -0.3 is 20.6 Å². The van der Waals surface area contributed by atoms with Gasteiger partial charge in [-0.2, -0.15) is 0 Å². The lowest BCUT2D eigenvalue weighted by Crippen LogP contribution is -2.50. The summed E-state index contributed by atoms with van der Waals surface area (Å²) in [5.41, 5.74) is 0. The molecule has 0 saturated heterocycles. The summed E-state index contributed by atoms with van der Waals surface area (Å²) >= 11 is 0. The summed E-state index contributed by atoms with van der Waals surface area (Å²) in [5.74, 6) is -0.148. The molecule has 0 rings (SSSR count). The molecule has 0 saturated carbocycles. The second kappa shape index (κ2) is 46.8. The molecule has 3 atom stereocenters. The normalized spacial score (nSPS) is 13.4. The van der Waals surface area contributed by atoms with Gasteiger partial charge in [0.05, 0.1) is 18.8 Å². The fourth-order valence-electron chi connectivity index (χ4n) is 8.17. The lowest BCUT2D eigenvalue weighted by molar-refractivity contribution is -0.124. The first-order valence-electron chi connectivity index (χ1n) is 25.5. The van der Waals surface area contributed by atoms with Gasteiger partial charge in [0.1, 0.15) is 6.10 Å². The highest BCUT2D eigenvalue weighted by Gasteiger charge is 2.26. The van der Waals surface area contributed by atoms with Crippen molar-refractivity contribution in [1.29, 1.82) is 0 Å². The lowest BCUT2D eigenvalue weighted by Gasteiger charge is -2.26. The Kier molecular flexibility index (Phi) is 46.0. The Bertz CT molecular complexity index is 788. The summed E-state index contributed by atoms with van der Waals surface area (Å²) in [6, 6.07) is -0.821. The van der Waals surface area contributed by atoms with E-state index in [0.717, 1.165) is 38.5 Å². The number of carbonyl (C=O) groups excluding carboxylic acids is 1. The van der Waals surface area contributed by atoms with Gasteiger partial charge in [0.25, 0.3) is 0 Å². The predicted molar refractivity (Wildman–Crippen MR) is 245 cm³/mol. The fraction of sp³-hybridized carbons (Fsp3) is 0.941. The van der Waals surface area contributed by atoms with Crippen LogP contribution in [0.4, 0.5) is 0 Å². The first-order chi connectivity index (χ1) is 27.6. The van der Waals surface area contributed by atoms with Crippen molar-refractivity contribution in [2.24, 2.45) is 0 Å². The topological polar surface area (TPSA) is 89.8 Å². The Hall–Kier alpha value is -0.910. The second-order valence-electron chi connectivity index (χ2n) is 17.7. The highest BCUT2D eigenvalue weighted by atomic mass is 16.3. The molecular weight excluding hydrogens is 691 g/mol. The molecular formula is C51H101NO4. The molecule has 0 aromatic rings. The molecule has 0 heterocycles. The van der Waals surface area contributed by atoms with E-state index >= 15 is 0 Å². The Morgan fingerprint density at radius 3 is 1.04 bits per heavy atom. The minimum absolute atomic E-state index is 0.148. The molecule has 0 aromatic heterocycles. The number of amides is 1. The number of aliphatic hydroxyl groups excluding tert-OH is 3. The molecule has 0 spiro atoms. The Labute approximate surface area is 350 Å². The molecule has 3 unspecified atom stereocenters. The zero-order chi connectivity index (χ0) is 40.8. The van der Waals surface area contributed by atoms with Gasteiger partial charge in [0, 0.05) is 6.42 Å². The predicted octanol–water partition coefficient (Wildman–Crippen LogP) is 15.2. The summed E-state index contributed by atoms with van der Waals surface area (Å²) in [6.07, 6.45) is 56.3. The molecule has 4 N–H and O–H groups in total. The number of allylic oxidation sites excluding steroid dienone is 2. The lowest BCUT2D eigenvalue weighted by atomic mass is 10.0. The molecule has 5 nitrogen and oxygen atoms in total. The van der Waals surface area contributed by atoms with Gasteiger partial charge in [-0.25, -0.2) is 0 Å². The van der Waals surface area contributed by atoms with E-state index in [-0.39, 0.29) is 12.5 Å². The summed E-state index contributed by atoms with van der Waals surface area (Å²) in [7, 11) is 0. The van der Waals surface area contributed by atoms with Crippen molar-refractivity contribution in [1.82, 2.24) is 5.32 Å². The van der Waals surface area contributed by atoms with E-state index in [1.807, 2.05) is 0 Å². The minimum Gasteiger partial charge on any atom is -0.394 e. The van der Waals surface area contributed by atoms with E-state index in [4.69, 9.17) is 0 Å². The van der Waals surface area contributed by atoms with Crippen LogP contribution >= 0.6 is 0 Å². The van der Waals surface area contributed by atoms with Crippen molar-refractivity contribution in [2.75, 3.05) is 6.61 Å². The van der Waals surface area contributed by atoms with E-state index in [1.165, 1.54) is 218 Å². The number of rotatable bonds is 47. The third-order valence-electron chi connectivity index (χ3n) is 12.1. The summed E-state index contributed by atoms with van der Waals surface area (Å²) in [4.78, 5) is 12.5. The number of nitrogens with one attached hydrogen (secondary N) is 1. The van der Waals surface area contributed by atoms with Gasteiger partial charge in [0.2, 0.25) is 5.91 Å². The van der Waals surface area contributed by atoms with Crippen LogP contribution in [-0.4, -0.2) is 46.1 Å². The maximum Gasteiger partial charge on any atom is 0.220 e. The summed E-state index contributed by atoms with van der Waals surface area (Å²) in [5, 5.41) is 33.6. The standard InChI is InChI=1S/C51H101NO4/c1-3-5-7-9-11-13-15-17-19-21-23-24-25-26-28-30-32-34-36-38-40-42-44-46-50(55)52-48(47-53)51(56)49(54)45-43-41-39-37-35-33-31-29-27-22-20-18-16-14-12-10-8-6-4-2/h37,39,48-49,51,53-54,56H,3-36,38,40-47H2,1-2H3,(H,52,55)/b39-37+. The highest BCUT2D eigenvalue weighted by Crippen LogP contribution is 2.17. The smallest absolute Gasteiger partial charge is 0.220 e. The number of aliphatic hydroxyl groups is 3. The summed E-state index contributed by atoms with van der Waals surface area (Å²) < 4.78 is 0. The van der Waals surface area contributed by atoms with E-state index < -0.39 is 18.2 Å². The Morgan fingerprint density at radius 2 is 0.714 bits per heavy atom. The van der Waals surface area contributed by atoms with Crippen LogP contribution in [0.5, 0.6) is 0 Å². The van der Waals surface area contributed by atoms with Gasteiger partial charge in [-0.1, -0.05) is 251 Å². The molecule has 1 amide bonds. The first-order valence-corrected chi connectivity index (χ1v) is 25.5. The van der Waals surface area contributed by atoms with Gasteiger partial charge >= 0.3 is 0 Å². The molecule has 0 bridgehead atoms. The summed E-state index contributed by atoms with van der Waals surface area (Å²) in [6.45, 7) is 4.20. The monoisotopic (exact) mass is 792 g/mol. The molecule has 0 fully saturated rings. The Balaban J connectivity index is 3.57. The van der Waals surface area contributed by atoms with E-state index in [0.29, 0.717) is 12.8 Å². The van der Waals surface area contributed by atoms with Crippen LogP contribution < -0.4 is 5.32 Å². The molecule has 0 aliphatic rings. The molecule has 0 aromatic carbocycles. The maximum atomic E-state index is 12.5. The third-order valence-corrected chi connectivity index (χ3v) is 12.1. The van der Waals surface area contributed by atoms with Crippen molar-refractivity contribution in [2.45, 2.75) is 302 Å². The average molecular weight is 792 g/mol. The molecule has 0 aliphatic carbocycles. The SMILES string of the molecule is CCCCCCCCCCCCCCCC/C=C/CCCC(O)C(O)C(CO)NC(=O)CCCCCCCCCCCCCCCCCCCCCCCCC. The number of hydrogen-bond acceptors (Lipinski definition) is 4. The van der Waals surface area contributed by atoms with Crippen LogP contribution in [0.2, 0.25) is 0 Å². The fourth-order valence-corrected chi connectivity index (χ4v) is 8.17. The van der Waals surface area contributed by atoms with Crippen molar-refractivity contribution in [3.05, 3.63) is 12.2 Å². The van der Waals surface area contributed by atoms with Gasteiger partial charge in [-0.15, -0.1) is 0 Å². The van der Waals surface area contributed by atoms with Crippen LogP contribution in [-0.2, 0) is 4.79 Å². The number of hydrogen-bond donors (Lipinski definition) is 4. The largest absolute Gasteiger partial charge is 0.394 e. The van der Waals surface area contributed by atoms with E-state index in [1.54, 1.807) is 0 Å². The molecule has 0 aliphatic heterocycles. The quantitative estimate of drug-likeness (QED) is 0.0365. The average Bonchev–Trinajstić information content (AvgIpc) is 3.20. The van der Waals surface area contributed by atoms with E-state index in [2.05, 4.69) is 31.3 Å². The van der Waals surface area contributed by atoms with Crippen LogP contribution in [0, 0.1) is 0 Å². The Morgan fingerprint density at radius 1 is 0.429 bits per heavy atom. The first kappa shape index (κ1) is 55.1. The van der Waals surface area contributed by atoms with Crippen molar-refractivity contribution >= 4 is 5.91 Å². The van der Waals surface area contributed by atoms with Gasteiger partial charge in [-0.3, -0.25) is 4.79 Å².